The zero-order valence-corrected chi connectivity index (χ0v) is 18.7. The minimum atomic E-state index is 0.187. The number of benzene rings is 2. The van der Waals surface area contributed by atoms with Crippen molar-refractivity contribution >= 4 is 17.3 Å². The molecule has 1 saturated heterocycles. The van der Waals surface area contributed by atoms with Crippen molar-refractivity contribution in [2.75, 3.05) is 38.1 Å². The first-order valence-electron chi connectivity index (χ1n) is 11.0. The van der Waals surface area contributed by atoms with Crippen molar-refractivity contribution in [2.24, 2.45) is 5.92 Å². The zero-order valence-electron chi connectivity index (χ0n) is 17.9. The van der Waals surface area contributed by atoms with E-state index < -0.39 is 0 Å². The Morgan fingerprint density at radius 2 is 1.86 bits per heavy atom. The Bertz CT molecular complexity index is 829. The molecule has 0 aromatic heterocycles. The fourth-order valence-electron chi connectivity index (χ4n) is 4.91. The first kappa shape index (κ1) is 20.6. The summed E-state index contributed by atoms with van der Waals surface area (Å²) in [4.78, 5) is 5.07. The van der Waals surface area contributed by atoms with Crippen molar-refractivity contribution in [3.8, 4) is 5.75 Å². The number of likely N-dealkylation sites (tertiary alicyclic amines) is 1. The second-order valence-electron chi connectivity index (χ2n) is 9.00. The number of piperidine rings is 1. The largest absolute Gasteiger partial charge is 0.491 e. The molecule has 4 heteroatoms. The summed E-state index contributed by atoms with van der Waals surface area (Å²) < 4.78 is 5.86. The molecule has 0 amide bonds. The molecule has 2 aromatic rings. The van der Waals surface area contributed by atoms with Gasteiger partial charge < -0.3 is 14.5 Å². The molecule has 1 atom stereocenters. The lowest BCUT2D eigenvalue weighted by molar-refractivity contribution is 0.176. The van der Waals surface area contributed by atoms with Crippen LogP contribution in [0, 0.1) is 5.92 Å². The molecule has 3 nitrogen and oxygen atoms in total. The standard InChI is InChI=1S/C25H33ClN2O/c1-18(2)29-22-8-9-24(26)20(15-22)14-19-10-12-28(13-11-19)17-21-16-27(3)25-7-5-4-6-23(21)25/h4-9,15,18-19,21H,10-14,16-17H2,1-3H3. The molecule has 0 aliphatic carbocycles. The van der Waals surface area contributed by atoms with Gasteiger partial charge in [0.05, 0.1) is 6.10 Å². The minimum Gasteiger partial charge on any atom is -0.491 e. The van der Waals surface area contributed by atoms with E-state index in [2.05, 4.69) is 61.0 Å². The lowest BCUT2D eigenvalue weighted by Crippen LogP contribution is -2.37. The van der Waals surface area contributed by atoms with Crippen LogP contribution >= 0.6 is 11.6 Å². The Morgan fingerprint density at radius 3 is 2.62 bits per heavy atom. The highest BCUT2D eigenvalue weighted by Gasteiger charge is 2.29. The molecule has 29 heavy (non-hydrogen) atoms. The van der Waals surface area contributed by atoms with Crippen LogP contribution in [0.1, 0.15) is 43.7 Å². The molecule has 0 radical (unpaired) electrons. The van der Waals surface area contributed by atoms with E-state index in [9.17, 15) is 0 Å². The molecule has 1 unspecified atom stereocenters. The van der Waals surface area contributed by atoms with Gasteiger partial charge in [0.25, 0.3) is 0 Å². The van der Waals surface area contributed by atoms with Gasteiger partial charge >= 0.3 is 0 Å². The molecule has 4 rings (SSSR count). The summed E-state index contributed by atoms with van der Waals surface area (Å²) >= 11 is 6.48. The molecule has 0 N–H and O–H groups in total. The van der Waals surface area contributed by atoms with Gasteiger partial charge in [-0.1, -0.05) is 29.8 Å². The third kappa shape index (κ3) is 4.90. The number of anilines is 1. The number of para-hydroxylation sites is 1. The van der Waals surface area contributed by atoms with Crippen LogP contribution in [0.3, 0.4) is 0 Å². The van der Waals surface area contributed by atoms with Crippen LogP contribution in [0.2, 0.25) is 5.02 Å². The summed E-state index contributed by atoms with van der Waals surface area (Å²) in [5.74, 6) is 2.27. The predicted octanol–water partition coefficient (Wildman–Crippen LogP) is 5.62. The van der Waals surface area contributed by atoms with Gasteiger partial charge in [-0.05, 0) is 87.5 Å². The van der Waals surface area contributed by atoms with Crippen molar-refractivity contribution in [2.45, 2.75) is 45.1 Å². The lowest BCUT2D eigenvalue weighted by atomic mass is 9.89. The van der Waals surface area contributed by atoms with Gasteiger partial charge in [0, 0.05) is 36.8 Å². The molecule has 0 spiro atoms. The molecule has 0 saturated carbocycles. The number of nitrogens with zero attached hydrogens (tertiary/aromatic N) is 2. The summed E-state index contributed by atoms with van der Waals surface area (Å²) in [7, 11) is 2.21. The monoisotopic (exact) mass is 412 g/mol. The van der Waals surface area contributed by atoms with Crippen LogP contribution in [0.25, 0.3) is 0 Å². The Morgan fingerprint density at radius 1 is 1.10 bits per heavy atom. The fraction of sp³-hybridized carbons (Fsp3) is 0.520. The van der Waals surface area contributed by atoms with E-state index in [0.717, 1.165) is 23.7 Å². The van der Waals surface area contributed by atoms with Crippen molar-refractivity contribution in [3.63, 3.8) is 0 Å². The smallest absolute Gasteiger partial charge is 0.120 e. The fourth-order valence-corrected chi connectivity index (χ4v) is 5.11. The highest BCUT2D eigenvalue weighted by atomic mass is 35.5. The maximum Gasteiger partial charge on any atom is 0.120 e. The van der Waals surface area contributed by atoms with Crippen LogP contribution in [0.4, 0.5) is 5.69 Å². The third-order valence-corrected chi connectivity index (χ3v) is 6.73. The average Bonchev–Trinajstić information content (AvgIpc) is 3.01. The molecular formula is C25H33ClN2O. The van der Waals surface area contributed by atoms with Crippen molar-refractivity contribution < 1.29 is 4.74 Å². The number of halogens is 1. The summed E-state index contributed by atoms with van der Waals surface area (Å²) in [6.07, 6.45) is 3.73. The highest BCUT2D eigenvalue weighted by molar-refractivity contribution is 6.31. The quantitative estimate of drug-likeness (QED) is 0.612. The Labute approximate surface area is 180 Å². The molecular weight excluding hydrogens is 380 g/mol. The van der Waals surface area contributed by atoms with Crippen molar-refractivity contribution in [1.29, 1.82) is 0 Å². The van der Waals surface area contributed by atoms with Gasteiger partial charge in [-0.3, -0.25) is 0 Å². The predicted molar refractivity (Wildman–Crippen MR) is 123 cm³/mol. The molecule has 2 aliphatic heterocycles. The van der Waals surface area contributed by atoms with Gasteiger partial charge in [0.15, 0.2) is 0 Å². The van der Waals surface area contributed by atoms with E-state index >= 15 is 0 Å². The number of likely N-dealkylation sites (N-methyl/N-ethyl adjacent to an activating group) is 1. The summed E-state index contributed by atoms with van der Waals surface area (Å²) in [6, 6.07) is 15.0. The zero-order chi connectivity index (χ0) is 20.4. The first-order chi connectivity index (χ1) is 14.0. The summed E-state index contributed by atoms with van der Waals surface area (Å²) in [6.45, 7) is 8.80. The Balaban J connectivity index is 1.31. The molecule has 0 bridgehead atoms. The second kappa shape index (κ2) is 8.97. The molecule has 2 heterocycles. The SMILES string of the molecule is CC(C)Oc1ccc(Cl)c(CC2CCN(CC3CN(C)c4ccccc43)CC2)c1. The number of hydrogen-bond donors (Lipinski definition) is 0. The summed E-state index contributed by atoms with van der Waals surface area (Å²) in [5.41, 5.74) is 4.16. The Kier molecular flexibility index (Phi) is 6.36. The number of fused-ring (bicyclic) bond motifs is 1. The maximum absolute atomic E-state index is 6.48. The van der Waals surface area contributed by atoms with E-state index in [4.69, 9.17) is 16.3 Å². The van der Waals surface area contributed by atoms with Gasteiger partial charge in [-0.25, -0.2) is 0 Å². The van der Waals surface area contributed by atoms with E-state index in [0.29, 0.717) is 11.8 Å². The van der Waals surface area contributed by atoms with E-state index in [1.165, 1.54) is 49.3 Å². The van der Waals surface area contributed by atoms with E-state index in [-0.39, 0.29) is 6.10 Å². The van der Waals surface area contributed by atoms with Crippen molar-refractivity contribution in [1.82, 2.24) is 4.90 Å². The van der Waals surface area contributed by atoms with E-state index in [1.54, 1.807) is 0 Å². The van der Waals surface area contributed by atoms with Crippen LogP contribution in [0.15, 0.2) is 42.5 Å². The van der Waals surface area contributed by atoms with E-state index in [1.807, 2.05) is 12.1 Å². The van der Waals surface area contributed by atoms with Crippen molar-refractivity contribution in [3.05, 3.63) is 58.6 Å². The maximum atomic E-state index is 6.48. The minimum absolute atomic E-state index is 0.187. The molecule has 1 fully saturated rings. The molecule has 2 aromatic carbocycles. The topological polar surface area (TPSA) is 15.7 Å². The van der Waals surface area contributed by atoms with Crippen LogP contribution in [-0.2, 0) is 6.42 Å². The van der Waals surface area contributed by atoms with Gasteiger partial charge in [0.1, 0.15) is 5.75 Å². The summed E-state index contributed by atoms with van der Waals surface area (Å²) in [5, 5.41) is 0.870. The van der Waals surface area contributed by atoms with Crippen LogP contribution < -0.4 is 9.64 Å². The highest BCUT2D eigenvalue weighted by Crippen LogP contribution is 2.36. The third-order valence-electron chi connectivity index (χ3n) is 6.37. The Hall–Kier alpha value is -1.71. The van der Waals surface area contributed by atoms with Gasteiger partial charge in [-0.15, -0.1) is 0 Å². The normalized spacial score (nSPS) is 20.3. The lowest BCUT2D eigenvalue weighted by Gasteiger charge is -2.34. The number of hydrogen-bond acceptors (Lipinski definition) is 3. The number of ether oxygens (including phenoxy) is 1. The molecule has 156 valence electrons. The average molecular weight is 413 g/mol. The first-order valence-corrected chi connectivity index (χ1v) is 11.3. The van der Waals surface area contributed by atoms with Gasteiger partial charge in [0.2, 0.25) is 0 Å². The molecule has 2 aliphatic rings. The van der Waals surface area contributed by atoms with Gasteiger partial charge in [-0.2, -0.15) is 0 Å². The van der Waals surface area contributed by atoms with Crippen LogP contribution in [0.5, 0.6) is 5.75 Å². The second-order valence-corrected chi connectivity index (χ2v) is 9.41. The van der Waals surface area contributed by atoms with Crippen LogP contribution in [-0.4, -0.2) is 44.2 Å². The number of rotatable bonds is 6.